The molecule has 1 rings (SSSR count). The molecule has 1 fully saturated rings. The number of rotatable bonds is 4. The number of hydrogen-bond donors (Lipinski definition) is 1. The van der Waals surface area contributed by atoms with E-state index in [9.17, 15) is 4.79 Å². The molecule has 3 heteroatoms. The summed E-state index contributed by atoms with van der Waals surface area (Å²) >= 11 is 3.58. The van der Waals surface area contributed by atoms with Crippen molar-refractivity contribution >= 4 is 21.8 Å². The lowest BCUT2D eigenvalue weighted by Gasteiger charge is -2.24. The van der Waals surface area contributed by atoms with Gasteiger partial charge >= 0.3 is 0 Å². The molecule has 0 bridgehead atoms. The van der Waals surface area contributed by atoms with E-state index in [0.717, 1.165) is 19.4 Å². The van der Waals surface area contributed by atoms with Crippen molar-refractivity contribution in [3.8, 4) is 0 Å². The van der Waals surface area contributed by atoms with E-state index in [2.05, 4.69) is 42.0 Å². The lowest BCUT2D eigenvalue weighted by molar-refractivity contribution is -0.129. The molecule has 0 heterocycles. The number of nitrogens with one attached hydrogen (secondary N) is 1. The highest BCUT2D eigenvalue weighted by molar-refractivity contribution is 9.09. The van der Waals surface area contributed by atoms with Gasteiger partial charge in [0.05, 0.1) is 0 Å². The minimum absolute atomic E-state index is 0.0936. The van der Waals surface area contributed by atoms with Crippen LogP contribution >= 0.6 is 15.9 Å². The van der Waals surface area contributed by atoms with Crippen molar-refractivity contribution in [2.45, 2.75) is 51.3 Å². The first-order valence-corrected chi connectivity index (χ1v) is 6.79. The van der Waals surface area contributed by atoms with Gasteiger partial charge in [0, 0.05) is 16.8 Å². The van der Waals surface area contributed by atoms with Crippen LogP contribution in [-0.2, 0) is 4.79 Å². The van der Waals surface area contributed by atoms with E-state index in [1.165, 1.54) is 12.8 Å². The van der Waals surface area contributed by atoms with Crippen LogP contribution in [0, 0.1) is 11.3 Å². The first-order valence-electron chi connectivity index (χ1n) is 5.88. The predicted molar refractivity (Wildman–Crippen MR) is 67.1 cm³/mol. The molecule has 1 saturated carbocycles. The van der Waals surface area contributed by atoms with Gasteiger partial charge in [-0.1, -0.05) is 49.5 Å². The van der Waals surface area contributed by atoms with Crippen molar-refractivity contribution < 1.29 is 4.79 Å². The van der Waals surface area contributed by atoms with Crippen LogP contribution in [0.15, 0.2) is 0 Å². The Bertz CT molecular complexity index is 222. The van der Waals surface area contributed by atoms with Gasteiger partial charge in [0.15, 0.2) is 0 Å². The summed E-state index contributed by atoms with van der Waals surface area (Å²) < 4.78 is 0. The third kappa shape index (κ3) is 3.47. The van der Waals surface area contributed by atoms with Gasteiger partial charge < -0.3 is 5.32 Å². The molecule has 1 atom stereocenters. The fourth-order valence-electron chi connectivity index (χ4n) is 2.02. The fraction of sp³-hybridized carbons (Fsp3) is 0.917. The van der Waals surface area contributed by atoms with Gasteiger partial charge in [-0.15, -0.1) is 0 Å². The second kappa shape index (κ2) is 5.33. The maximum absolute atomic E-state index is 12.0. The van der Waals surface area contributed by atoms with Gasteiger partial charge in [-0.2, -0.15) is 0 Å². The average Bonchev–Trinajstić information content (AvgIpc) is 2.62. The van der Waals surface area contributed by atoms with E-state index in [1.54, 1.807) is 0 Å². The Hall–Kier alpha value is -0.0500. The number of carbonyl (C=O) groups excluding carboxylic acids is 1. The molecule has 0 spiro atoms. The second-order valence-electron chi connectivity index (χ2n) is 5.24. The summed E-state index contributed by atoms with van der Waals surface area (Å²) in [7, 11) is 0. The lowest BCUT2D eigenvalue weighted by atomic mass is 9.88. The van der Waals surface area contributed by atoms with Gasteiger partial charge in [-0.25, -0.2) is 0 Å². The van der Waals surface area contributed by atoms with E-state index in [4.69, 9.17) is 0 Å². The highest BCUT2D eigenvalue weighted by Crippen LogP contribution is 2.37. The minimum Gasteiger partial charge on any atom is -0.354 e. The molecule has 1 aliphatic rings. The smallest absolute Gasteiger partial charge is 0.225 e. The quantitative estimate of drug-likeness (QED) is 0.785. The first-order chi connectivity index (χ1) is 6.96. The highest BCUT2D eigenvalue weighted by atomic mass is 79.9. The Morgan fingerprint density at radius 1 is 1.40 bits per heavy atom. The monoisotopic (exact) mass is 275 g/mol. The molecular formula is C12H22BrNO. The molecule has 0 aromatic carbocycles. The van der Waals surface area contributed by atoms with Gasteiger partial charge in [-0.05, 0) is 18.8 Å². The van der Waals surface area contributed by atoms with E-state index in [1.807, 2.05) is 0 Å². The standard InChI is InChI=1S/C12H22BrNO/c1-9(2)10(13)8-14-11(15)12(3)6-4-5-7-12/h9-10H,4-8H2,1-3H3,(H,14,15). The second-order valence-corrected chi connectivity index (χ2v) is 6.41. The van der Waals surface area contributed by atoms with Crippen molar-refractivity contribution in [2.24, 2.45) is 11.3 Å². The summed E-state index contributed by atoms with van der Waals surface area (Å²) in [6.07, 6.45) is 4.50. The van der Waals surface area contributed by atoms with Crippen LogP contribution in [0.4, 0.5) is 0 Å². The zero-order valence-corrected chi connectivity index (χ0v) is 11.6. The topological polar surface area (TPSA) is 29.1 Å². The van der Waals surface area contributed by atoms with Crippen molar-refractivity contribution in [3.63, 3.8) is 0 Å². The third-order valence-corrected chi connectivity index (χ3v) is 4.82. The van der Waals surface area contributed by atoms with Crippen molar-refractivity contribution in [2.75, 3.05) is 6.54 Å². The fourth-order valence-corrected chi connectivity index (χ4v) is 2.18. The molecule has 0 aromatic rings. The summed E-state index contributed by atoms with van der Waals surface area (Å²) in [6.45, 7) is 7.14. The summed E-state index contributed by atoms with van der Waals surface area (Å²) in [4.78, 5) is 12.3. The van der Waals surface area contributed by atoms with Crippen LogP contribution < -0.4 is 5.32 Å². The van der Waals surface area contributed by atoms with Gasteiger partial charge in [0.25, 0.3) is 0 Å². The average molecular weight is 276 g/mol. The molecule has 88 valence electrons. The number of halogens is 1. The van der Waals surface area contributed by atoms with Crippen LogP contribution in [-0.4, -0.2) is 17.3 Å². The minimum atomic E-state index is -0.0936. The van der Waals surface area contributed by atoms with Crippen molar-refractivity contribution in [3.05, 3.63) is 0 Å². The molecule has 1 amide bonds. The van der Waals surface area contributed by atoms with E-state index >= 15 is 0 Å². The highest BCUT2D eigenvalue weighted by Gasteiger charge is 2.36. The molecule has 15 heavy (non-hydrogen) atoms. The number of hydrogen-bond acceptors (Lipinski definition) is 1. The molecule has 1 N–H and O–H groups in total. The van der Waals surface area contributed by atoms with E-state index in [-0.39, 0.29) is 11.3 Å². The van der Waals surface area contributed by atoms with Crippen LogP contribution in [0.3, 0.4) is 0 Å². The predicted octanol–water partition coefficient (Wildman–Crippen LogP) is 3.10. The number of alkyl halides is 1. The van der Waals surface area contributed by atoms with Crippen LogP contribution in [0.25, 0.3) is 0 Å². The summed E-state index contributed by atoms with van der Waals surface area (Å²) in [5, 5.41) is 3.06. The largest absolute Gasteiger partial charge is 0.354 e. The molecular weight excluding hydrogens is 254 g/mol. The first kappa shape index (κ1) is 13.0. The maximum Gasteiger partial charge on any atom is 0.225 e. The van der Waals surface area contributed by atoms with Crippen LogP contribution in [0.5, 0.6) is 0 Å². The van der Waals surface area contributed by atoms with E-state index in [0.29, 0.717) is 10.7 Å². The molecule has 1 aliphatic carbocycles. The van der Waals surface area contributed by atoms with Gasteiger partial charge in [0.2, 0.25) is 5.91 Å². The Labute approximate surface area is 101 Å². The SMILES string of the molecule is CC(C)C(Br)CNC(=O)C1(C)CCCC1. The van der Waals surface area contributed by atoms with Crippen LogP contribution in [0.1, 0.15) is 46.5 Å². The Morgan fingerprint density at radius 2 is 1.93 bits per heavy atom. The molecule has 0 saturated heterocycles. The van der Waals surface area contributed by atoms with Crippen molar-refractivity contribution in [1.82, 2.24) is 5.32 Å². The lowest BCUT2D eigenvalue weighted by Crippen LogP contribution is -2.40. The summed E-state index contributed by atoms with van der Waals surface area (Å²) in [5.41, 5.74) is -0.0936. The summed E-state index contributed by atoms with van der Waals surface area (Å²) in [5.74, 6) is 0.798. The molecule has 0 aliphatic heterocycles. The number of amides is 1. The van der Waals surface area contributed by atoms with Crippen molar-refractivity contribution in [1.29, 1.82) is 0 Å². The molecule has 1 unspecified atom stereocenters. The molecule has 0 radical (unpaired) electrons. The Balaban J connectivity index is 2.35. The van der Waals surface area contributed by atoms with E-state index < -0.39 is 0 Å². The van der Waals surface area contributed by atoms with Crippen LogP contribution in [0.2, 0.25) is 0 Å². The third-order valence-electron chi connectivity index (χ3n) is 3.44. The van der Waals surface area contributed by atoms with Gasteiger partial charge in [-0.3, -0.25) is 4.79 Å². The van der Waals surface area contributed by atoms with Gasteiger partial charge in [0.1, 0.15) is 0 Å². The maximum atomic E-state index is 12.0. The zero-order chi connectivity index (χ0) is 11.5. The number of carbonyl (C=O) groups is 1. The molecule has 2 nitrogen and oxygen atoms in total. The normalized spacial score (nSPS) is 21.7. The Morgan fingerprint density at radius 3 is 2.40 bits per heavy atom. The summed E-state index contributed by atoms with van der Waals surface area (Å²) in [6, 6.07) is 0. The molecule has 0 aromatic heterocycles. The Kier molecular flexibility index (Phi) is 4.63. The zero-order valence-electron chi connectivity index (χ0n) is 9.98.